The lowest BCUT2D eigenvalue weighted by molar-refractivity contribution is 0.449. The molecule has 0 atom stereocenters. The van der Waals surface area contributed by atoms with Crippen LogP contribution in [0.25, 0.3) is 22.3 Å². The molecule has 1 heterocycles. The van der Waals surface area contributed by atoms with Crippen molar-refractivity contribution in [1.82, 2.24) is 0 Å². The van der Waals surface area contributed by atoms with E-state index in [2.05, 4.69) is 34.7 Å². The first kappa shape index (κ1) is 17.8. The Kier molecular flexibility index (Phi) is 5.06. The molecule has 130 valence electrons. The largest absolute Gasteiger partial charge is 0.502 e. The number of fused-ring (bicyclic) bond motifs is 1. The highest BCUT2D eigenvalue weighted by Crippen LogP contribution is 2.35. The Hall–Kier alpha value is -1.98. The van der Waals surface area contributed by atoms with Crippen molar-refractivity contribution in [2.75, 3.05) is 18.0 Å². The number of halogens is 2. The van der Waals surface area contributed by atoms with Gasteiger partial charge in [-0.25, -0.2) is 0 Å². The van der Waals surface area contributed by atoms with Gasteiger partial charge < -0.3 is 14.4 Å². The molecule has 0 aliphatic carbocycles. The summed E-state index contributed by atoms with van der Waals surface area (Å²) in [6.07, 6.45) is 0. The molecular weight excluding hydrogens is 406 g/mol. The van der Waals surface area contributed by atoms with E-state index in [4.69, 9.17) is 16.0 Å². The molecule has 25 heavy (non-hydrogen) atoms. The zero-order valence-electron chi connectivity index (χ0n) is 13.8. The Morgan fingerprint density at radius 2 is 1.80 bits per heavy atom. The number of hydrogen-bond acceptors (Lipinski definition) is 4. The van der Waals surface area contributed by atoms with Crippen molar-refractivity contribution in [1.29, 1.82) is 0 Å². The van der Waals surface area contributed by atoms with Gasteiger partial charge in [-0.2, -0.15) is 0 Å². The van der Waals surface area contributed by atoms with Gasteiger partial charge in [0.2, 0.25) is 11.2 Å². The van der Waals surface area contributed by atoms with Crippen LogP contribution < -0.4 is 10.3 Å². The SMILES string of the molecule is CCN(CC)c1ccc(-c2oc3c(Br)cc(Cl)cc3c(=O)c2O)cc1. The van der Waals surface area contributed by atoms with Crippen molar-refractivity contribution in [3.05, 3.63) is 56.1 Å². The summed E-state index contributed by atoms with van der Waals surface area (Å²) < 4.78 is 6.39. The minimum Gasteiger partial charge on any atom is -0.502 e. The van der Waals surface area contributed by atoms with Crippen LogP contribution in [0.3, 0.4) is 0 Å². The van der Waals surface area contributed by atoms with Gasteiger partial charge in [-0.05, 0) is 66.2 Å². The van der Waals surface area contributed by atoms with Crippen LogP contribution in [-0.2, 0) is 0 Å². The van der Waals surface area contributed by atoms with Crippen molar-refractivity contribution >= 4 is 44.2 Å². The summed E-state index contributed by atoms with van der Waals surface area (Å²) in [7, 11) is 0. The first-order valence-electron chi connectivity index (χ1n) is 7.96. The Morgan fingerprint density at radius 1 is 1.16 bits per heavy atom. The Labute approximate surface area is 158 Å². The Bertz CT molecular complexity index is 979. The minimum atomic E-state index is -0.507. The normalized spacial score (nSPS) is 11.0. The molecule has 0 bridgehead atoms. The average molecular weight is 423 g/mol. The third kappa shape index (κ3) is 3.26. The summed E-state index contributed by atoms with van der Waals surface area (Å²) in [4.78, 5) is 14.7. The fraction of sp³-hybridized carbons (Fsp3) is 0.211. The van der Waals surface area contributed by atoms with Gasteiger partial charge in [0, 0.05) is 29.4 Å². The predicted molar refractivity (Wildman–Crippen MR) is 106 cm³/mol. The van der Waals surface area contributed by atoms with E-state index in [0.29, 0.717) is 20.6 Å². The lowest BCUT2D eigenvalue weighted by Crippen LogP contribution is -2.21. The molecule has 3 rings (SSSR count). The third-order valence-electron chi connectivity index (χ3n) is 4.15. The van der Waals surface area contributed by atoms with Crippen LogP contribution in [0.4, 0.5) is 5.69 Å². The first-order chi connectivity index (χ1) is 12.0. The van der Waals surface area contributed by atoms with Crippen LogP contribution in [0, 0.1) is 0 Å². The van der Waals surface area contributed by atoms with E-state index < -0.39 is 11.2 Å². The van der Waals surface area contributed by atoms with E-state index in [-0.39, 0.29) is 11.1 Å². The standard InChI is InChI=1S/C19H17BrClNO3/c1-3-22(4-2)13-7-5-11(6-8-13)18-17(24)16(23)14-9-12(21)10-15(20)19(14)25-18/h5-10,24H,3-4H2,1-2H3. The summed E-state index contributed by atoms with van der Waals surface area (Å²) in [5.74, 6) is -0.274. The molecule has 0 aliphatic heterocycles. The monoisotopic (exact) mass is 421 g/mol. The predicted octanol–water partition coefficient (Wildman–Crippen LogP) is 5.43. The minimum absolute atomic E-state index is 0.145. The molecule has 0 aliphatic rings. The number of nitrogens with zero attached hydrogens (tertiary/aromatic N) is 1. The molecule has 0 unspecified atom stereocenters. The average Bonchev–Trinajstić information content (AvgIpc) is 2.60. The second-order valence-electron chi connectivity index (χ2n) is 5.59. The van der Waals surface area contributed by atoms with Crippen molar-refractivity contribution in [3.8, 4) is 17.1 Å². The molecular formula is C19H17BrClNO3. The number of aromatic hydroxyl groups is 1. The summed E-state index contributed by atoms with van der Waals surface area (Å²) in [5.41, 5.74) is 1.56. The fourth-order valence-electron chi connectivity index (χ4n) is 2.82. The maximum atomic E-state index is 12.5. The maximum absolute atomic E-state index is 12.5. The van der Waals surface area contributed by atoms with Gasteiger partial charge in [-0.15, -0.1) is 0 Å². The van der Waals surface area contributed by atoms with Crippen molar-refractivity contribution in [3.63, 3.8) is 0 Å². The maximum Gasteiger partial charge on any atom is 0.235 e. The van der Waals surface area contributed by atoms with E-state index >= 15 is 0 Å². The van der Waals surface area contributed by atoms with E-state index in [0.717, 1.165) is 18.8 Å². The second-order valence-corrected chi connectivity index (χ2v) is 6.88. The van der Waals surface area contributed by atoms with Crippen LogP contribution in [0.5, 0.6) is 5.75 Å². The zero-order chi connectivity index (χ0) is 18.1. The van der Waals surface area contributed by atoms with E-state index in [1.165, 1.54) is 6.07 Å². The lowest BCUT2D eigenvalue weighted by Gasteiger charge is -2.21. The molecule has 6 heteroatoms. The Morgan fingerprint density at radius 3 is 2.40 bits per heavy atom. The van der Waals surface area contributed by atoms with Gasteiger partial charge in [-0.3, -0.25) is 4.79 Å². The van der Waals surface area contributed by atoms with E-state index in [9.17, 15) is 9.90 Å². The lowest BCUT2D eigenvalue weighted by atomic mass is 10.1. The highest BCUT2D eigenvalue weighted by molar-refractivity contribution is 9.10. The zero-order valence-corrected chi connectivity index (χ0v) is 16.2. The van der Waals surface area contributed by atoms with Crippen LogP contribution in [0.15, 0.2) is 50.1 Å². The van der Waals surface area contributed by atoms with Gasteiger partial charge in [0.15, 0.2) is 11.3 Å². The number of hydrogen-bond donors (Lipinski definition) is 1. The molecule has 2 aromatic carbocycles. The molecule has 3 aromatic rings. The summed E-state index contributed by atoms with van der Waals surface area (Å²) in [5, 5.41) is 11.0. The highest BCUT2D eigenvalue weighted by Gasteiger charge is 2.17. The first-order valence-corrected chi connectivity index (χ1v) is 9.13. The van der Waals surface area contributed by atoms with E-state index in [1.807, 2.05) is 24.3 Å². The molecule has 0 spiro atoms. The quantitative estimate of drug-likeness (QED) is 0.609. The molecule has 0 saturated heterocycles. The van der Waals surface area contributed by atoms with Gasteiger partial charge in [-0.1, -0.05) is 11.6 Å². The summed E-state index contributed by atoms with van der Waals surface area (Å²) in [6, 6.07) is 10.7. The summed E-state index contributed by atoms with van der Waals surface area (Å²) >= 11 is 9.34. The van der Waals surface area contributed by atoms with Crippen LogP contribution in [-0.4, -0.2) is 18.2 Å². The molecule has 0 amide bonds. The molecule has 1 aromatic heterocycles. The van der Waals surface area contributed by atoms with Crippen molar-refractivity contribution in [2.45, 2.75) is 13.8 Å². The van der Waals surface area contributed by atoms with Crippen molar-refractivity contribution < 1.29 is 9.52 Å². The number of anilines is 1. The third-order valence-corrected chi connectivity index (χ3v) is 4.95. The Balaban J connectivity index is 2.16. The van der Waals surface area contributed by atoms with Gasteiger partial charge in [0.1, 0.15) is 0 Å². The molecule has 0 radical (unpaired) electrons. The highest BCUT2D eigenvalue weighted by atomic mass is 79.9. The number of benzene rings is 2. The van der Waals surface area contributed by atoms with Crippen LogP contribution in [0.1, 0.15) is 13.8 Å². The van der Waals surface area contributed by atoms with Crippen LogP contribution in [0.2, 0.25) is 5.02 Å². The van der Waals surface area contributed by atoms with Crippen molar-refractivity contribution in [2.24, 2.45) is 0 Å². The van der Waals surface area contributed by atoms with Gasteiger partial charge in [0.05, 0.1) is 9.86 Å². The molecule has 4 nitrogen and oxygen atoms in total. The van der Waals surface area contributed by atoms with Gasteiger partial charge >= 0.3 is 0 Å². The molecule has 0 fully saturated rings. The number of rotatable bonds is 4. The van der Waals surface area contributed by atoms with Gasteiger partial charge in [0.25, 0.3) is 0 Å². The molecule has 1 N–H and O–H groups in total. The second kappa shape index (κ2) is 7.10. The topological polar surface area (TPSA) is 53.7 Å². The molecule has 0 saturated carbocycles. The van der Waals surface area contributed by atoms with E-state index in [1.54, 1.807) is 6.07 Å². The van der Waals surface area contributed by atoms with Crippen LogP contribution >= 0.6 is 27.5 Å². The smallest absolute Gasteiger partial charge is 0.235 e. The summed E-state index contributed by atoms with van der Waals surface area (Å²) in [6.45, 7) is 5.99. The fourth-order valence-corrected chi connectivity index (χ4v) is 3.71.